The highest BCUT2D eigenvalue weighted by molar-refractivity contribution is 5.76. The lowest BCUT2D eigenvalue weighted by Crippen LogP contribution is -2.27. The van der Waals surface area contributed by atoms with Gasteiger partial charge in [0.15, 0.2) is 17.1 Å². The molecule has 0 bridgehead atoms. The van der Waals surface area contributed by atoms with Gasteiger partial charge in [0.1, 0.15) is 0 Å². The number of methoxy groups -OCH3 is 2. The van der Waals surface area contributed by atoms with E-state index in [9.17, 15) is 4.79 Å². The van der Waals surface area contributed by atoms with Crippen molar-refractivity contribution in [2.75, 3.05) is 21.3 Å². The molecule has 0 radical (unpaired) electrons. The average molecular weight is 396 g/mol. The molecule has 3 rings (SSSR count). The number of carbonyl (C=O) groups is 1. The summed E-state index contributed by atoms with van der Waals surface area (Å²) >= 11 is 0. The van der Waals surface area contributed by atoms with Crippen LogP contribution in [0.5, 0.6) is 11.5 Å². The van der Waals surface area contributed by atoms with Crippen LogP contribution in [0.15, 0.2) is 24.3 Å². The highest BCUT2D eigenvalue weighted by Crippen LogP contribution is 2.31. The Morgan fingerprint density at radius 2 is 1.93 bits per heavy atom. The van der Waals surface area contributed by atoms with Crippen LogP contribution in [0.2, 0.25) is 0 Å². The van der Waals surface area contributed by atoms with Crippen molar-refractivity contribution < 1.29 is 14.3 Å². The van der Waals surface area contributed by atoms with E-state index < -0.39 is 0 Å². The summed E-state index contributed by atoms with van der Waals surface area (Å²) in [5, 5.41) is 4.50. The third-order valence-electron chi connectivity index (χ3n) is 5.19. The largest absolute Gasteiger partial charge is 0.493 e. The summed E-state index contributed by atoms with van der Waals surface area (Å²) in [4.78, 5) is 19.1. The van der Waals surface area contributed by atoms with Crippen molar-refractivity contribution in [3.63, 3.8) is 0 Å². The van der Waals surface area contributed by atoms with Gasteiger partial charge in [-0.2, -0.15) is 5.10 Å². The van der Waals surface area contributed by atoms with E-state index in [0.29, 0.717) is 30.9 Å². The second kappa shape index (κ2) is 8.51. The topological polar surface area (TPSA) is 69.0 Å². The van der Waals surface area contributed by atoms with Gasteiger partial charge in [-0.15, -0.1) is 0 Å². The molecule has 2 aromatic heterocycles. The molecule has 0 unspecified atom stereocenters. The van der Waals surface area contributed by atoms with E-state index in [0.717, 1.165) is 33.9 Å². The molecule has 0 saturated heterocycles. The third kappa shape index (κ3) is 4.18. The first kappa shape index (κ1) is 20.6. The molecule has 0 N–H and O–H groups in total. The molecule has 7 heteroatoms. The first-order valence-corrected chi connectivity index (χ1v) is 9.62. The number of carbonyl (C=O) groups excluding carboxylic acids is 1. The smallest absolute Gasteiger partial charge is 0.222 e. The number of rotatable bonds is 7. The average Bonchev–Trinajstić information content (AvgIpc) is 3.07. The van der Waals surface area contributed by atoms with Gasteiger partial charge in [0.2, 0.25) is 5.91 Å². The van der Waals surface area contributed by atoms with Crippen LogP contribution in [0.4, 0.5) is 0 Å². The van der Waals surface area contributed by atoms with Gasteiger partial charge in [0, 0.05) is 43.0 Å². The van der Waals surface area contributed by atoms with Gasteiger partial charge in [-0.25, -0.2) is 9.50 Å². The van der Waals surface area contributed by atoms with Crippen molar-refractivity contribution in [1.29, 1.82) is 0 Å². The zero-order valence-corrected chi connectivity index (χ0v) is 17.9. The quantitative estimate of drug-likeness (QED) is 0.613. The van der Waals surface area contributed by atoms with E-state index in [4.69, 9.17) is 9.47 Å². The van der Waals surface area contributed by atoms with Crippen LogP contribution in [0, 0.1) is 20.8 Å². The molecule has 2 heterocycles. The van der Waals surface area contributed by atoms with Gasteiger partial charge in [0.25, 0.3) is 0 Å². The second-order valence-corrected chi connectivity index (χ2v) is 7.22. The predicted octanol–water partition coefficient (Wildman–Crippen LogP) is 3.26. The second-order valence-electron chi connectivity index (χ2n) is 7.22. The van der Waals surface area contributed by atoms with Crippen molar-refractivity contribution >= 4 is 11.6 Å². The minimum atomic E-state index is 0.0606. The number of amides is 1. The Morgan fingerprint density at radius 3 is 2.62 bits per heavy atom. The van der Waals surface area contributed by atoms with Crippen LogP contribution < -0.4 is 9.47 Å². The van der Waals surface area contributed by atoms with E-state index in [1.54, 1.807) is 26.2 Å². The molecule has 1 amide bonds. The van der Waals surface area contributed by atoms with Crippen molar-refractivity contribution in [2.24, 2.45) is 0 Å². The molecule has 0 aliphatic carbocycles. The molecule has 0 fully saturated rings. The fourth-order valence-corrected chi connectivity index (χ4v) is 3.65. The maximum atomic E-state index is 12.8. The van der Waals surface area contributed by atoms with Crippen LogP contribution >= 0.6 is 0 Å². The number of aromatic nitrogens is 3. The number of aryl methyl sites for hydroxylation is 3. The van der Waals surface area contributed by atoms with Crippen molar-refractivity contribution in [1.82, 2.24) is 19.5 Å². The Labute approximate surface area is 171 Å². The van der Waals surface area contributed by atoms with Crippen LogP contribution in [0.1, 0.15) is 34.6 Å². The van der Waals surface area contributed by atoms with Gasteiger partial charge in [-0.05, 0) is 38.8 Å². The number of para-hydroxylation sites is 1. The van der Waals surface area contributed by atoms with Crippen molar-refractivity contribution in [3.8, 4) is 11.5 Å². The van der Waals surface area contributed by atoms with Gasteiger partial charge in [-0.3, -0.25) is 4.79 Å². The van der Waals surface area contributed by atoms with Crippen LogP contribution in [0.3, 0.4) is 0 Å². The molecule has 1 aromatic carbocycles. The minimum Gasteiger partial charge on any atom is -0.493 e. The summed E-state index contributed by atoms with van der Waals surface area (Å²) in [6, 6.07) is 7.64. The molecule has 29 heavy (non-hydrogen) atoms. The summed E-state index contributed by atoms with van der Waals surface area (Å²) in [5.74, 6) is 1.38. The predicted molar refractivity (Wildman–Crippen MR) is 112 cm³/mol. The Balaban J connectivity index is 1.72. The molecule has 7 nitrogen and oxygen atoms in total. The van der Waals surface area contributed by atoms with Gasteiger partial charge >= 0.3 is 0 Å². The summed E-state index contributed by atoms with van der Waals surface area (Å²) in [6.45, 7) is 6.42. The Kier molecular flexibility index (Phi) is 6.06. The molecule has 0 spiro atoms. The molecule has 0 aliphatic heterocycles. The van der Waals surface area contributed by atoms with E-state index in [-0.39, 0.29) is 5.91 Å². The molecule has 0 aliphatic rings. The Bertz CT molecular complexity index is 1040. The van der Waals surface area contributed by atoms with Crippen LogP contribution in [-0.2, 0) is 17.8 Å². The summed E-state index contributed by atoms with van der Waals surface area (Å²) in [5.41, 5.74) is 5.73. The highest BCUT2D eigenvalue weighted by Gasteiger charge is 2.17. The summed E-state index contributed by atoms with van der Waals surface area (Å²) < 4.78 is 12.7. The van der Waals surface area contributed by atoms with Crippen molar-refractivity contribution in [3.05, 3.63) is 52.5 Å². The Morgan fingerprint density at radius 1 is 1.17 bits per heavy atom. The SMILES string of the molecule is COc1cccc(CN(C)C(=O)CCc2c(C)nc3cc(C)nn3c2C)c1OC. The maximum Gasteiger partial charge on any atom is 0.222 e. The lowest BCUT2D eigenvalue weighted by atomic mass is 10.1. The van der Waals surface area contributed by atoms with E-state index in [2.05, 4.69) is 10.1 Å². The summed E-state index contributed by atoms with van der Waals surface area (Å²) in [6.07, 6.45) is 1.02. The number of ether oxygens (including phenoxy) is 2. The molecule has 3 aromatic rings. The number of fused-ring (bicyclic) bond motifs is 1. The van der Waals surface area contributed by atoms with Crippen LogP contribution in [0.25, 0.3) is 5.65 Å². The highest BCUT2D eigenvalue weighted by atomic mass is 16.5. The number of hydrogen-bond donors (Lipinski definition) is 0. The fourth-order valence-electron chi connectivity index (χ4n) is 3.65. The van der Waals surface area contributed by atoms with E-state index >= 15 is 0 Å². The lowest BCUT2D eigenvalue weighted by Gasteiger charge is -2.20. The van der Waals surface area contributed by atoms with Gasteiger partial charge in [0.05, 0.1) is 19.9 Å². The first-order chi connectivity index (χ1) is 13.8. The number of hydrogen-bond acceptors (Lipinski definition) is 5. The van der Waals surface area contributed by atoms with Crippen LogP contribution in [-0.4, -0.2) is 46.7 Å². The zero-order valence-electron chi connectivity index (χ0n) is 17.9. The molecule has 154 valence electrons. The van der Waals surface area contributed by atoms with Crippen molar-refractivity contribution in [2.45, 2.75) is 40.2 Å². The summed E-state index contributed by atoms with van der Waals surface area (Å²) in [7, 11) is 5.02. The third-order valence-corrected chi connectivity index (χ3v) is 5.19. The Hall–Kier alpha value is -3.09. The monoisotopic (exact) mass is 396 g/mol. The van der Waals surface area contributed by atoms with Gasteiger partial charge < -0.3 is 14.4 Å². The minimum absolute atomic E-state index is 0.0606. The number of benzene rings is 1. The van der Waals surface area contributed by atoms with E-state index in [1.165, 1.54) is 0 Å². The standard InChI is InChI=1S/C22H28N4O3/c1-14-12-20-23-15(2)18(16(3)26(20)24-14)10-11-21(27)25(4)13-17-8-7-9-19(28-5)22(17)29-6/h7-9,12H,10-11,13H2,1-6H3. The first-order valence-electron chi connectivity index (χ1n) is 9.62. The van der Waals surface area contributed by atoms with Gasteiger partial charge in [-0.1, -0.05) is 12.1 Å². The maximum absolute atomic E-state index is 12.8. The normalized spacial score (nSPS) is 11.0. The molecular formula is C22H28N4O3. The van der Waals surface area contributed by atoms with E-state index in [1.807, 2.05) is 49.6 Å². The fraction of sp³-hybridized carbons (Fsp3) is 0.409. The zero-order chi connectivity index (χ0) is 21.1. The lowest BCUT2D eigenvalue weighted by molar-refractivity contribution is -0.130. The number of nitrogens with zero attached hydrogens (tertiary/aromatic N) is 4. The molecular weight excluding hydrogens is 368 g/mol. The molecule has 0 atom stereocenters. The molecule has 0 saturated carbocycles.